The lowest BCUT2D eigenvalue weighted by atomic mass is 9.81. The Morgan fingerprint density at radius 2 is 2.06 bits per heavy atom. The van der Waals surface area contributed by atoms with Gasteiger partial charge >= 0.3 is 0 Å². The summed E-state index contributed by atoms with van der Waals surface area (Å²) in [5.74, 6) is 0.557. The summed E-state index contributed by atoms with van der Waals surface area (Å²) in [6, 6.07) is 4.76. The zero-order valence-electron chi connectivity index (χ0n) is 11.2. The summed E-state index contributed by atoms with van der Waals surface area (Å²) in [7, 11) is 0. The van der Waals surface area contributed by atoms with Crippen molar-refractivity contribution in [1.82, 2.24) is 0 Å². The van der Waals surface area contributed by atoms with Crippen molar-refractivity contribution in [3.63, 3.8) is 0 Å². The quantitative estimate of drug-likeness (QED) is 0.645. The van der Waals surface area contributed by atoms with Gasteiger partial charge in [-0.1, -0.05) is 27.7 Å². The standard InChI is InChI=1S/C13H19BrN2O2/c1-9(2)13(3,4)8-15-12-6-5-10(16(17)18)7-11(12)14/h5-7,9,15H,8H2,1-4H3. The lowest BCUT2D eigenvalue weighted by molar-refractivity contribution is -0.384. The monoisotopic (exact) mass is 314 g/mol. The minimum Gasteiger partial charge on any atom is -0.384 e. The maximum Gasteiger partial charge on any atom is 0.270 e. The van der Waals surface area contributed by atoms with E-state index in [-0.39, 0.29) is 11.1 Å². The van der Waals surface area contributed by atoms with Gasteiger partial charge in [-0.15, -0.1) is 0 Å². The minimum absolute atomic E-state index is 0.0931. The summed E-state index contributed by atoms with van der Waals surface area (Å²) >= 11 is 3.35. The summed E-state index contributed by atoms with van der Waals surface area (Å²) in [5, 5.41) is 14.0. The number of nitrogens with one attached hydrogen (secondary N) is 1. The number of nitrogens with zero attached hydrogens (tertiary/aromatic N) is 1. The van der Waals surface area contributed by atoms with Gasteiger partial charge in [0.15, 0.2) is 0 Å². The molecule has 1 aromatic rings. The van der Waals surface area contributed by atoms with E-state index >= 15 is 0 Å². The Morgan fingerprint density at radius 1 is 1.44 bits per heavy atom. The average molecular weight is 315 g/mol. The molecule has 0 fully saturated rings. The second-order valence-corrected chi connectivity index (χ2v) is 6.27. The summed E-state index contributed by atoms with van der Waals surface area (Å²) in [6.07, 6.45) is 0. The number of halogens is 1. The van der Waals surface area contributed by atoms with E-state index in [1.807, 2.05) is 0 Å². The molecule has 0 heterocycles. The van der Waals surface area contributed by atoms with E-state index < -0.39 is 4.92 Å². The highest BCUT2D eigenvalue weighted by Crippen LogP contribution is 2.30. The van der Waals surface area contributed by atoms with Crippen molar-refractivity contribution in [3.8, 4) is 0 Å². The Labute approximate surface area is 116 Å². The fourth-order valence-corrected chi connectivity index (χ4v) is 1.79. The highest BCUT2D eigenvalue weighted by Gasteiger charge is 2.22. The molecule has 1 aromatic carbocycles. The third-order valence-electron chi connectivity index (χ3n) is 3.46. The fourth-order valence-electron chi connectivity index (χ4n) is 1.29. The van der Waals surface area contributed by atoms with Crippen LogP contribution in [0.3, 0.4) is 0 Å². The van der Waals surface area contributed by atoms with Gasteiger partial charge in [0.05, 0.1) is 4.92 Å². The van der Waals surface area contributed by atoms with Crippen molar-refractivity contribution in [2.24, 2.45) is 11.3 Å². The van der Waals surface area contributed by atoms with Crippen LogP contribution in [0.2, 0.25) is 0 Å². The first-order valence-electron chi connectivity index (χ1n) is 5.92. The van der Waals surface area contributed by atoms with Gasteiger partial charge in [0.1, 0.15) is 0 Å². The largest absolute Gasteiger partial charge is 0.384 e. The predicted octanol–water partition coefficient (Wildman–Crippen LogP) is 4.45. The second kappa shape index (κ2) is 5.69. The molecule has 0 amide bonds. The number of non-ortho nitro benzene ring substituents is 1. The molecular formula is C13H19BrN2O2. The van der Waals surface area contributed by atoms with Crippen molar-refractivity contribution in [3.05, 3.63) is 32.8 Å². The van der Waals surface area contributed by atoms with Gasteiger partial charge in [0.25, 0.3) is 5.69 Å². The van der Waals surface area contributed by atoms with E-state index in [0.717, 1.165) is 16.7 Å². The number of benzene rings is 1. The Morgan fingerprint density at radius 3 is 2.50 bits per heavy atom. The molecule has 1 rings (SSSR count). The molecule has 0 bridgehead atoms. The molecule has 0 aromatic heterocycles. The van der Waals surface area contributed by atoms with E-state index in [4.69, 9.17) is 0 Å². The summed E-state index contributed by atoms with van der Waals surface area (Å²) in [4.78, 5) is 10.2. The molecule has 0 unspecified atom stereocenters. The summed E-state index contributed by atoms with van der Waals surface area (Å²) in [6.45, 7) is 9.59. The molecule has 100 valence electrons. The van der Waals surface area contributed by atoms with Crippen LogP contribution in [-0.2, 0) is 0 Å². The molecule has 0 spiro atoms. The molecule has 0 aliphatic carbocycles. The zero-order chi connectivity index (χ0) is 13.9. The SMILES string of the molecule is CC(C)C(C)(C)CNc1ccc([N+](=O)[O-])cc1Br. The van der Waals surface area contributed by atoms with E-state index in [9.17, 15) is 10.1 Å². The van der Waals surface area contributed by atoms with Gasteiger partial charge in [-0.2, -0.15) is 0 Å². The normalized spacial score (nSPS) is 11.7. The van der Waals surface area contributed by atoms with Crippen LogP contribution < -0.4 is 5.32 Å². The third kappa shape index (κ3) is 3.70. The van der Waals surface area contributed by atoms with Crippen molar-refractivity contribution in [1.29, 1.82) is 0 Å². The molecule has 4 nitrogen and oxygen atoms in total. The van der Waals surface area contributed by atoms with Crippen LogP contribution in [0.15, 0.2) is 22.7 Å². The molecule has 1 N–H and O–H groups in total. The predicted molar refractivity (Wildman–Crippen MR) is 77.9 cm³/mol. The highest BCUT2D eigenvalue weighted by atomic mass is 79.9. The van der Waals surface area contributed by atoms with Crippen LogP contribution in [0.5, 0.6) is 0 Å². The number of nitro groups is 1. The minimum atomic E-state index is -0.396. The van der Waals surface area contributed by atoms with Crippen LogP contribution in [0.1, 0.15) is 27.7 Å². The molecule has 0 aliphatic rings. The Balaban J connectivity index is 2.78. The van der Waals surface area contributed by atoms with E-state index in [0.29, 0.717) is 5.92 Å². The Bertz CT molecular complexity index is 445. The molecule has 0 aliphatic heterocycles. The van der Waals surface area contributed by atoms with Crippen molar-refractivity contribution >= 4 is 27.3 Å². The van der Waals surface area contributed by atoms with Gasteiger partial charge in [-0.25, -0.2) is 0 Å². The number of rotatable bonds is 5. The molecule has 5 heteroatoms. The lowest BCUT2D eigenvalue weighted by Gasteiger charge is -2.30. The van der Waals surface area contributed by atoms with Crippen LogP contribution in [0.4, 0.5) is 11.4 Å². The first kappa shape index (κ1) is 15.0. The van der Waals surface area contributed by atoms with Crippen LogP contribution in [0, 0.1) is 21.4 Å². The van der Waals surface area contributed by atoms with Crippen molar-refractivity contribution in [2.75, 3.05) is 11.9 Å². The van der Waals surface area contributed by atoms with Gasteiger partial charge in [0, 0.05) is 28.8 Å². The molecule has 18 heavy (non-hydrogen) atoms. The maximum atomic E-state index is 10.6. The van der Waals surface area contributed by atoms with E-state index in [2.05, 4.69) is 48.9 Å². The number of anilines is 1. The number of hydrogen-bond donors (Lipinski definition) is 1. The molecule has 0 radical (unpaired) electrons. The first-order valence-corrected chi connectivity index (χ1v) is 6.71. The highest BCUT2D eigenvalue weighted by molar-refractivity contribution is 9.10. The van der Waals surface area contributed by atoms with Gasteiger partial charge in [0.2, 0.25) is 0 Å². The number of nitro benzene ring substituents is 1. The van der Waals surface area contributed by atoms with Crippen molar-refractivity contribution in [2.45, 2.75) is 27.7 Å². The fraction of sp³-hybridized carbons (Fsp3) is 0.538. The smallest absolute Gasteiger partial charge is 0.270 e. The Hall–Kier alpha value is -1.10. The number of hydrogen-bond acceptors (Lipinski definition) is 3. The van der Waals surface area contributed by atoms with Gasteiger partial charge in [-0.3, -0.25) is 10.1 Å². The lowest BCUT2D eigenvalue weighted by Crippen LogP contribution is -2.28. The van der Waals surface area contributed by atoms with Crippen LogP contribution >= 0.6 is 15.9 Å². The third-order valence-corrected chi connectivity index (χ3v) is 4.12. The van der Waals surface area contributed by atoms with E-state index in [1.165, 1.54) is 12.1 Å². The summed E-state index contributed by atoms with van der Waals surface area (Å²) < 4.78 is 0.719. The molecule has 0 saturated heterocycles. The van der Waals surface area contributed by atoms with Crippen LogP contribution in [0.25, 0.3) is 0 Å². The Kier molecular flexibility index (Phi) is 4.73. The molecule has 0 atom stereocenters. The molecule has 0 saturated carbocycles. The first-order chi connectivity index (χ1) is 8.24. The van der Waals surface area contributed by atoms with Gasteiger partial charge < -0.3 is 5.32 Å². The average Bonchev–Trinajstić information content (AvgIpc) is 2.26. The second-order valence-electron chi connectivity index (χ2n) is 5.42. The van der Waals surface area contributed by atoms with Gasteiger partial charge in [-0.05, 0) is 33.3 Å². The topological polar surface area (TPSA) is 55.2 Å². The van der Waals surface area contributed by atoms with E-state index in [1.54, 1.807) is 6.07 Å². The van der Waals surface area contributed by atoms with Crippen molar-refractivity contribution < 1.29 is 4.92 Å². The summed E-state index contributed by atoms with van der Waals surface area (Å²) in [5.41, 5.74) is 1.14. The zero-order valence-corrected chi connectivity index (χ0v) is 12.7. The maximum absolute atomic E-state index is 10.6. The van der Waals surface area contributed by atoms with Crippen LogP contribution in [-0.4, -0.2) is 11.5 Å². The molecular weight excluding hydrogens is 296 g/mol.